The number of nitrogens with one attached hydrogen (secondary N) is 1. The Kier molecular flexibility index (Phi) is 5.68. The summed E-state index contributed by atoms with van der Waals surface area (Å²) in [6.07, 6.45) is 0.489. The Hall–Kier alpha value is -2.55. The number of anilines is 2. The predicted molar refractivity (Wildman–Crippen MR) is 88.2 cm³/mol. The third-order valence-corrected chi connectivity index (χ3v) is 4.45. The minimum Gasteiger partial charge on any atom is -0.324 e. The van der Waals surface area contributed by atoms with E-state index in [1.54, 1.807) is 0 Å². The van der Waals surface area contributed by atoms with Crippen LogP contribution in [-0.4, -0.2) is 27.1 Å². The fourth-order valence-electron chi connectivity index (χ4n) is 2.13. The van der Waals surface area contributed by atoms with Gasteiger partial charge in [0.1, 0.15) is 17.5 Å². The summed E-state index contributed by atoms with van der Waals surface area (Å²) in [6.45, 7) is -0.387. The minimum atomic E-state index is -3.91. The molecule has 0 spiro atoms. The molecule has 1 N–H and O–H groups in total. The molecule has 0 atom stereocenters. The zero-order valence-corrected chi connectivity index (χ0v) is 14.0. The summed E-state index contributed by atoms with van der Waals surface area (Å²) in [6, 6.07) is 7.92. The van der Waals surface area contributed by atoms with Crippen LogP contribution in [-0.2, 0) is 14.8 Å². The molecule has 9 heteroatoms. The molecule has 0 bridgehead atoms. The summed E-state index contributed by atoms with van der Waals surface area (Å²) >= 11 is 0. The SMILES string of the molecule is CS(=O)(=O)N(CCC(=O)Nc1ccccc1F)c1ccc(F)cc1F. The number of hydrogen-bond donors (Lipinski definition) is 1. The van der Waals surface area contributed by atoms with Crippen molar-refractivity contribution in [3.63, 3.8) is 0 Å². The second kappa shape index (κ2) is 7.56. The van der Waals surface area contributed by atoms with Gasteiger partial charge in [0, 0.05) is 19.0 Å². The second-order valence-electron chi connectivity index (χ2n) is 5.21. The highest BCUT2D eigenvalue weighted by Crippen LogP contribution is 2.23. The van der Waals surface area contributed by atoms with Crippen molar-refractivity contribution in [3.8, 4) is 0 Å². The monoisotopic (exact) mass is 372 g/mol. The van der Waals surface area contributed by atoms with E-state index < -0.39 is 33.4 Å². The Morgan fingerprint density at radius 2 is 1.76 bits per heavy atom. The van der Waals surface area contributed by atoms with Crippen molar-refractivity contribution in [2.75, 3.05) is 22.4 Å². The molecule has 5 nitrogen and oxygen atoms in total. The molecule has 0 unspecified atom stereocenters. The number of hydrogen-bond acceptors (Lipinski definition) is 3. The number of nitrogens with zero attached hydrogens (tertiary/aromatic N) is 1. The van der Waals surface area contributed by atoms with E-state index in [-0.39, 0.29) is 24.3 Å². The number of rotatable bonds is 6. The van der Waals surface area contributed by atoms with Crippen molar-refractivity contribution >= 4 is 27.3 Å². The van der Waals surface area contributed by atoms with Crippen LogP contribution < -0.4 is 9.62 Å². The minimum absolute atomic E-state index is 0.0497. The molecule has 0 aromatic heterocycles. The highest BCUT2D eigenvalue weighted by atomic mass is 32.2. The molecular formula is C16H15F3N2O3S. The van der Waals surface area contributed by atoms with Gasteiger partial charge in [-0.3, -0.25) is 9.10 Å². The standard InChI is InChI=1S/C16H15F3N2O3S/c1-25(23,24)21(15-7-6-11(17)10-13(15)19)9-8-16(22)20-14-5-3-2-4-12(14)18/h2-7,10H,8-9H2,1H3,(H,20,22). The molecule has 25 heavy (non-hydrogen) atoms. The van der Waals surface area contributed by atoms with E-state index in [1.807, 2.05) is 0 Å². The van der Waals surface area contributed by atoms with Crippen LogP contribution in [0.25, 0.3) is 0 Å². The molecule has 0 aliphatic heterocycles. The van der Waals surface area contributed by atoms with Gasteiger partial charge in [-0.15, -0.1) is 0 Å². The average molecular weight is 372 g/mol. The molecule has 1 amide bonds. The summed E-state index contributed by atoms with van der Waals surface area (Å²) in [5, 5.41) is 2.30. The summed E-state index contributed by atoms with van der Waals surface area (Å²) in [5.41, 5.74) is -0.422. The van der Waals surface area contributed by atoms with Gasteiger partial charge >= 0.3 is 0 Å². The zero-order chi connectivity index (χ0) is 18.6. The van der Waals surface area contributed by atoms with E-state index in [9.17, 15) is 26.4 Å². The number of halogens is 3. The lowest BCUT2D eigenvalue weighted by Gasteiger charge is -2.22. The van der Waals surface area contributed by atoms with Crippen LogP contribution in [0.3, 0.4) is 0 Å². The van der Waals surface area contributed by atoms with E-state index in [1.165, 1.54) is 18.2 Å². The first-order valence-corrected chi connectivity index (χ1v) is 9.00. The first kappa shape index (κ1) is 18.8. The fourth-order valence-corrected chi connectivity index (χ4v) is 3.06. The summed E-state index contributed by atoms with van der Waals surface area (Å²) in [5.74, 6) is -3.21. The van der Waals surface area contributed by atoms with Gasteiger partial charge in [0.2, 0.25) is 15.9 Å². The van der Waals surface area contributed by atoms with E-state index >= 15 is 0 Å². The quantitative estimate of drug-likeness (QED) is 0.848. The van der Waals surface area contributed by atoms with Crippen LogP contribution in [0.4, 0.5) is 24.5 Å². The predicted octanol–water partition coefficient (Wildman–Crippen LogP) is 2.90. The fraction of sp³-hybridized carbons (Fsp3) is 0.188. The highest BCUT2D eigenvalue weighted by Gasteiger charge is 2.22. The third kappa shape index (κ3) is 4.96. The molecule has 0 aliphatic carbocycles. The van der Waals surface area contributed by atoms with Gasteiger partial charge in [-0.25, -0.2) is 21.6 Å². The molecule has 0 aliphatic rings. The molecule has 2 aromatic rings. The van der Waals surface area contributed by atoms with Crippen molar-refractivity contribution in [2.45, 2.75) is 6.42 Å². The van der Waals surface area contributed by atoms with Crippen molar-refractivity contribution in [2.24, 2.45) is 0 Å². The maximum Gasteiger partial charge on any atom is 0.232 e. The molecule has 2 aromatic carbocycles. The van der Waals surface area contributed by atoms with Gasteiger partial charge < -0.3 is 5.32 Å². The lowest BCUT2D eigenvalue weighted by atomic mass is 10.2. The number of sulfonamides is 1. The number of para-hydroxylation sites is 1. The van der Waals surface area contributed by atoms with Gasteiger partial charge in [-0.05, 0) is 24.3 Å². The Morgan fingerprint density at radius 3 is 2.36 bits per heavy atom. The highest BCUT2D eigenvalue weighted by molar-refractivity contribution is 7.92. The maximum absolute atomic E-state index is 13.9. The smallest absolute Gasteiger partial charge is 0.232 e. The molecule has 2 rings (SSSR count). The lowest BCUT2D eigenvalue weighted by Crippen LogP contribution is -2.33. The number of amides is 1. The van der Waals surface area contributed by atoms with Gasteiger partial charge in [0.05, 0.1) is 17.6 Å². The molecular weight excluding hydrogens is 357 g/mol. The zero-order valence-electron chi connectivity index (χ0n) is 13.2. The molecule has 0 fully saturated rings. The van der Waals surface area contributed by atoms with Gasteiger partial charge in [-0.2, -0.15) is 0 Å². The normalized spacial score (nSPS) is 11.2. The summed E-state index contributed by atoms with van der Waals surface area (Å²) in [4.78, 5) is 11.9. The molecule has 0 saturated heterocycles. The molecule has 0 heterocycles. The summed E-state index contributed by atoms with van der Waals surface area (Å²) in [7, 11) is -3.91. The van der Waals surface area contributed by atoms with Crippen LogP contribution in [0, 0.1) is 17.5 Å². The van der Waals surface area contributed by atoms with E-state index in [0.717, 1.165) is 24.5 Å². The number of benzene rings is 2. The average Bonchev–Trinajstić information content (AvgIpc) is 2.50. The van der Waals surface area contributed by atoms with Crippen molar-refractivity contribution in [1.82, 2.24) is 0 Å². The molecule has 0 radical (unpaired) electrons. The first-order chi connectivity index (χ1) is 11.7. The van der Waals surface area contributed by atoms with Crippen molar-refractivity contribution < 1.29 is 26.4 Å². The molecule has 0 saturated carbocycles. The Morgan fingerprint density at radius 1 is 1.08 bits per heavy atom. The van der Waals surface area contributed by atoms with Crippen LogP contribution >= 0.6 is 0 Å². The Labute approximate surface area is 143 Å². The van der Waals surface area contributed by atoms with Crippen LogP contribution in [0.1, 0.15) is 6.42 Å². The van der Waals surface area contributed by atoms with Crippen molar-refractivity contribution in [1.29, 1.82) is 0 Å². The topological polar surface area (TPSA) is 66.5 Å². The Balaban J connectivity index is 2.13. The number of carbonyl (C=O) groups excluding carboxylic acids is 1. The van der Waals surface area contributed by atoms with Crippen LogP contribution in [0.2, 0.25) is 0 Å². The van der Waals surface area contributed by atoms with Gasteiger partial charge in [-0.1, -0.05) is 12.1 Å². The maximum atomic E-state index is 13.9. The van der Waals surface area contributed by atoms with E-state index in [0.29, 0.717) is 10.4 Å². The van der Waals surface area contributed by atoms with Crippen LogP contribution in [0.15, 0.2) is 42.5 Å². The van der Waals surface area contributed by atoms with Gasteiger partial charge in [0.25, 0.3) is 0 Å². The van der Waals surface area contributed by atoms with Crippen LogP contribution in [0.5, 0.6) is 0 Å². The largest absolute Gasteiger partial charge is 0.324 e. The first-order valence-electron chi connectivity index (χ1n) is 7.15. The number of carbonyl (C=O) groups is 1. The Bertz CT molecular complexity index is 888. The third-order valence-electron chi connectivity index (χ3n) is 3.27. The van der Waals surface area contributed by atoms with Gasteiger partial charge in [0.15, 0.2) is 0 Å². The lowest BCUT2D eigenvalue weighted by molar-refractivity contribution is -0.116. The molecule has 134 valence electrons. The second-order valence-corrected chi connectivity index (χ2v) is 7.12. The summed E-state index contributed by atoms with van der Waals surface area (Å²) < 4.78 is 64.7. The van der Waals surface area contributed by atoms with E-state index in [2.05, 4.69) is 5.32 Å². The van der Waals surface area contributed by atoms with Crippen molar-refractivity contribution in [3.05, 3.63) is 59.9 Å². The van der Waals surface area contributed by atoms with E-state index in [4.69, 9.17) is 0 Å².